The van der Waals surface area contributed by atoms with Crippen LogP contribution >= 0.6 is 0 Å². The van der Waals surface area contributed by atoms with Gasteiger partial charge in [0, 0.05) is 11.1 Å². The second kappa shape index (κ2) is 7.41. The van der Waals surface area contributed by atoms with Crippen LogP contribution in [0.4, 0.5) is 0 Å². The molecule has 0 spiro atoms. The molecule has 1 rings (SSSR count). The van der Waals surface area contributed by atoms with E-state index in [1.54, 1.807) is 7.11 Å². The molecule has 148 valence electrons. The van der Waals surface area contributed by atoms with Crippen LogP contribution in [0.3, 0.4) is 0 Å². The van der Waals surface area contributed by atoms with Crippen LogP contribution < -0.4 is 4.74 Å². The molecule has 0 heterocycles. The summed E-state index contributed by atoms with van der Waals surface area (Å²) in [4.78, 5) is 0. The van der Waals surface area contributed by atoms with Gasteiger partial charge in [0.25, 0.3) is 0 Å². The first-order valence-electron chi connectivity index (χ1n) is 9.88. The molecule has 0 aromatic heterocycles. The molecule has 1 aromatic carbocycles. The number of ether oxygens (including phenoxy) is 1. The van der Waals surface area contributed by atoms with Crippen LogP contribution in [-0.2, 0) is 10.8 Å². The van der Waals surface area contributed by atoms with Gasteiger partial charge < -0.3 is 4.74 Å². The van der Waals surface area contributed by atoms with E-state index in [-0.39, 0.29) is 21.7 Å². The van der Waals surface area contributed by atoms with Gasteiger partial charge in [0.05, 0.1) is 7.11 Å². The highest BCUT2D eigenvalue weighted by molar-refractivity contribution is 5.62. The number of methoxy groups -OCH3 is 1. The van der Waals surface area contributed by atoms with Crippen molar-refractivity contribution < 1.29 is 4.74 Å². The van der Waals surface area contributed by atoms with Gasteiger partial charge >= 0.3 is 0 Å². The fourth-order valence-electron chi connectivity index (χ4n) is 4.77. The van der Waals surface area contributed by atoms with Crippen LogP contribution in [-0.4, -0.2) is 7.11 Å². The van der Waals surface area contributed by atoms with Gasteiger partial charge in [0.1, 0.15) is 5.75 Å². The van der Waals surface area contributed by atoms with E-state index in [1.165, 1.54) is 11.1 Å². The van der Waals surface area contributed by atoms with Crippen molar-refractivity contribution in [2.45, 2.75) is 92.9 Å². The Morgan fingerprint density at radius 3 is 1.65 bits per heavy atom. The van der Waals surface area contributed by atoms with Gasteiger partial charge in [-0.2, -0.15) is 0 Å². The van der Waals surface area contributed by atoms with Gasteiger partial charge in [-0.25, -0.2) is 0 Å². The third-order valence-electron chi connectivity index (χ3n) is 5.00. The summed E-state index contributed by atoms with van der Waals surface area (Å²) in [5, 5.41) is 0. The molecule has 0 amide bonds. The predicted octanol–water partition coefficient (Wildman–Crippen LogP) is 7.77. The van der Waals surface area contributed by atoms with E-state index in [0.717, 1.165) is 24.2 Å². The Hall–Kier alpha value is -1.24. The van der Waals surface area contributed by atoms with Crippen LogP contribution in [0, 0.1) is 10.8 Å². The summed E-state index contributed by atoms with van der Waals surface area (Å²) in [6, 6.07) is 4.66. The molecule has 0 saturated carbocycles. The van der Waals surface area contributed by atoms with Crippen molar-refractivity contribution in [3.8, 4) is 5.75 Å². The highest BCUT2D eigenvalue weighted by Crippen LogP contribution is 2.45. The van der Waals surface area contributed by atoms with Gasteiger partial charge in [0.2, 0.25) is 0 Å². The lowest BCUT2D eigenvalue weighted by molar-refractivity contribution is 0.273. The largest absolute Gasteiger partial charge is 0.496 e. The average Bonchev–Trinajstić information content (AvgIpc) is 2.40. The highest BCUT2D eigenvalue weighted by atomic mass is 16.5. The lowest BCUT2D eigenvalue weighted by Gasteiger charge is -2.37. The summed E-state index contributed by atoms with van der Waals surface area (Å²) in [6.07, 6.45) is 4.16. The molecular weight excluding hydrogens is 316 g/mol. The molecule has 1 aromatic rings. The molecule has 1 nitrogen and oxygen atoms in total. The minimum Gasteiger partial charge on any atom is -0.496 e. The van der Waals surface area contributed by atoms with Gasteiger partial charge in [0.15, 0.2) is 0 Å². The molecule has 0 fully saturated rings. The Kier molecular flexibility index (Phi) is 6.50. The molecule has 0 aliphatic carbocycles. The maximum Gasteiger partial charge on any atom is 0.129 e. The summed E-state index contributed by atoms with van der Waals surface area (Å²) in [6.45, 7) is 27.3. The summed E-state index contributed by atoms with van der Waals surface area (Å²) in [5.74, 6) is 0.976. The molecule has 0 N–H and O–H groups in total. The van der Waals surface area contributed by atoms with Crippen molar-refractivity contribution in [3.63, 3.8) is 0 Å². The maximum atomic E-state index is 5.87. The summed E-state index contributed by atoms with van der Waals surface area (Å²) < 4.78 is 5.87. The zero-order valence-corrected chi connectivity index (χ0v) is 19.3. The van der Waals surface area contributed by atoms with Crippen LogP contribution in [0.2, 0.25) is 0 Å². The zero-order valence-electron chi connectivity index (χ0n) is 19.3. The molecule has 0 radical (unpaired) electrons. The van der Waals surface area contributed by atoms with Crippen LogP contribution in [0.1, 0.15) is 98.8 Å². The molecule has 0 unspecified atom stereocenters. The fourth-order valence-corrected chi connectivity index (χ4v) is 4.77. The molecule has 0 bridgehead atoms. The molecular formula is C25H42O. The van der Waals surface area contributed by atoms with Gasteiger partial charge in [-0.15, -0.1) is 0 Å². The van der Waals surface area contributed by atoms with Crippen molar-refractivity contribution in [2.75, 3.05) is 7.11 Å². The first-order valence-corrected chi connectivity index (χ1v) is 9.88. The smallest absolute Gasteiger partial charge is 0.129 e. The standard InChI is InChI=1S/C25H42O/c1-13-18-14-19(24(8,9)16-22(2,3)4)15-20(21(18)26-12)25(10,11)17-23(5,6)7/h13-15H,1,16-17H2,2-12H3. The van der Waals surface area contributed by atoms with E-state index in [2.05, 4.69) is 87.9 Å². The second-order valence-corrected chi connectivity index (χ2v) is 11.6. The molecule has 0 aliphatic rings. The lowest BCUT2D eigenvalue weighted by Crippen LogP contribution is -2.28. The maximum absolute atomic E-state index is 5.87. The Bertz CT molecular complexity index is 633. The van der Waals surface area contributed by atoms with Crippen LogP contribution in [0.5, 0.6) is 5.75 Å². The second-order valence-electron chi connectivity index (χ2n) is 11.6. The first kappa shape index (κ1) is 22.8. The SMILES string of the molecule is C=Cc1cc(C(C)(C)CC(C)(C)C)cc(C(C)(C)CC(C)(C)C)c1OC. The molecule has 1 heteroatoms. The third-order valence-corrected chi connectivity index (χ3v) is 5.00. The Morgan fingerprint density at radius 2 is 1.27 bits per heavy atom. The fraction of sp³-hybridized carbons (Fsp3) is 0.680. The Labute approximate surface area is 163 Å². The molecule has 26 heavy (non-hydrogen) atoms. The van der Waals surface area contributed by atoms with E-state index in [1.807, 2.05) is 6.08 Å². The number of benzene rings is 1. The van der Waals surface area contributed by atoms with E-state index in [0.29, 0.717) is 0 Å². The highest BCUT2D eigenvalue weighted by Gasteiger charge is 2.34. The monoisotopic (exact) mass is 358 g/mol. The summed E-state index contributed by atoms with van der Waals surface area (Å²) >= 11 is 0. The number of hydrogen-bond acceptors (Lipinski definition) is 1. The van der Waals surface area contributed by atoms with E-state index >= 15 is 0 Å². The predicted molar refractivity (Wildman–Crippen MR) is 117 cm³/mol. The van der Waals surface area contributed by atoms with Crippen molar-refractivity contribution in [3.05, 3.63) is 35.4 Å². The number of rotatable bonds is 6. The van der Waals surface area contributed by atoms with E-state index in [9.17, 15) is 0 Å². The van der Waals surface area contributed by atoms with E-state index < -0.39 is 0 Å². The third kappa shape index (κ3) is 5.89. The van der Waals surface area contributed by atoms with Crippen LogP contribution in [0.15, 0.2) is 18.7 Å². The van der Waals surface area contributed by atoms with Gasteiger partial charge in [-0.1, -0.05) is 88.0 Å². The molecule has 0 atom stereocenters. The zero-order chi connectivity index (χ0) is 20.6. The molecule has 0 saturated heterocycles. The molecule has 0 aliphatic heterocycles. The minimum atomic E-state index is 0.0230. The Balaban J connectivity index is 3.62. The lowest BCUT2D eigenvalue weighted by atomic mass is 9.68. The summed E-state index contributed by atoms with van der Waals surface area (Å²) in [5.41, 5.74) is 4.41. The van der Waals surface area contributed by atoms with Crippen molar-refractivity contribution in [1.29, 1.82) is 0 Å². The minimum absolute atomic E-state index is 0.0230. The first-order chi connectivity index (χ1) is 11.5. The van der Waals surface area contributed by atoms with Crippen molar-refractivity contribution in [1.82, 2.24) is 0 Å². The normalized spacial score (nSPS) is 13.7. The number of hydrogen-bond donors (Lipinski definition) is 0. The quantitative estimate of drug-likeness (QED) is 0.504. The topological polar surface area (TPSA) is 9.23 Å². The van der Waals surface area contributed by atoms with Crippen molar-refractivity contribution in [2.24, 2.45) is 10.8 Å². The van der Waals surface area contributed by atoms with E-state index in [4.69, 9.17) is 4.74 Å². The van der Waals surface area contributed by atoms with Gasteiger partial charge in [-0.3, -0.25) is 0 Å². The van der Waals surface area contributed by atoms with Crippen molar-refractivity contribution >= 4 is 6.08 Å². The van der Waals surface area contributed by atoms with Gasteiger partial charge in [-0.05, 0) is 46.1 Å². The van der Waals surface area contributed by atoms with Crippen LogP contribution in [0.25, 0.3) is 6.08 Å². The summed E-state index contributed by atoms with van der Waals surface area (Å²) in [7, 11) is 1.78. The Morgan fingerprint density at radius 1 is 0.808 bits per heavy atom. The average molecular weight is 359 g/mol.